The second-order valence-corrected chi connectivity index (χ2v) is 18.0. The first kappa shape index (κ1) is 50.0. The summed E-state index contributed by atoms with van der Waals surface area (Å²) in [6, 6.07) is 0. The highest BCUT2D eigenvalue weighted by molar-refractivity contribution is 7.47. The van der Waals surface area contributed by atoms with Gasteiger partial charge in [0.25, 0.3) is 0 Å². The molecular formula is C44H77NO10P+. The van der Waals surface area contributed by atoms with Gasteiger partial charge < -0.3 is 23.6 Å². The zero-order valence-corrected chi connectivity index (χ0v) is 36.5. The molecule has 0 spiro atoms. The van der Waals surface area contributed by atoms with Gasteiger partial charge in [-0.2, -0.15) is 0 Å². The predicted molar refractivity (Wildman–Crippen MR) is 222 cm³/mol. The molecule has 1 aliphatic carbocycles. The van der Waals surface area contributed by atoms with Gasteiger partial charge in [0.05, 0.1) is 33.9 Å². The van der Waals surface area contributed by atoms with Crippen LogP contribution in [0.2, 0.25) is 0 Å². The first-order chi connectivity index (χ1) is 26.8. The molecular weight excluding hydrogens is 733 g/mol. The van der Waals surface area contributed by atoms with Gasteiger partial charge in [-0.1, -0.05) is 122 Å². The summed E-state index contributed by atoms with van der Waals surface area (Å²) in [4.78, 5) is 48.1. The second kappa shape index (κ2) is 29.1. The lowest BCUT2D eigenvalue weighted by Gasteiger charge is -2.24. The van der Waals surface area contributed by atoms with Crippen molar-refractivity contribution in [2.24, 2.45) is 5.92 Å². The van der Waals surface area contributed by atoms with E-state index >= 15 is 0 Å². The van der Waals surface area contributed by atoms with Gasteiger partial charge in [0.15, 0.2) is 11.9 Å². The number of carbonyl (C=O) groups is 3. The topological polar surface area (TPSA) is 138 Å². The Hall–Kier alpha value is -2.14. The van der Waals surface area contributed by atoms with Crippen molar-refractivity contribution in [1.82, 2.24) is 0 Å². The van der Waals surface area contributed by atoms with Gasteiger partial charge in [-0.3, -0.25) is 23.4 Å². The average molecular weight is 811 g/mol. The maximum Gasteiger partial charge on any atom is 0.472 e. The molecule has 56 heavy (non-hydrogen) atoms. The van der Waals surface area contributed by atoms with E-state index in [-0.39, 0.29) is 50.0 Å². The maximum absolute atomic E-state index is 12.8. The zero-order valence-electron chi connectivity index (χ0n) is 35.6. The number of allylic oxidation sites excluding steroid dienone is 5. The van der Waals surface area contributed by atoms with Crippen LogP contribution in [-0.4, -0.2) is 92.9 Å². The fraction of sp³-hybridized carbons (Fsp3) is 0.795. The van der Waals surface area contributed by atoms with Gasteiger partial charge in [-0.05, 0) is 50.7 Å². The minimum atomic E-state index is -4.43. The lowest BCUT2D eigenvalue weighted by atomic mass is 9.96. The number of carbonyl (C=O) groups excluding carboxylic acids is 3. The molecule has 0 radical (unpaired) electrons. The van der Waals surface area contributed by atoms with E-state index in [1.807, 2.05) is 33.3 Å². The molecule has 5 unspecified atom stereocenters. The van der Waals surface area contributed by atoms with E-state index in [1.54, 1.807) is 6.08 Å². The number of quaternary nitrogens is 1. The summed E-state index contributed by atoms with van der Waals surface area (Å²) in [5.41, 5.74) is 0.768. The molecule has 1 fully saturated rings. The predicted octanol–water partition coefficient (Wildman–Crippen LogP) is 9.91. The van der Waals surface area contributed by atoms with Gasteiger partial charge in [0, 0.05) is 24.3 Å². The third kappa shape index (κ3) is 25.3. The molecule has 0 saturated carbocycles. The van der Waals surface area contributed by atoms with Gasteiger partial charge >= 0.3 is 19.8 Å². The maximum atomic E-state index is 12.8. The van der Waals surface area contributed by atoms with Crippen LogP contribution in [0.3, 0.4) is 0 Å². The molecule has 0 aromatic carbocycles. The number of esters is 2. The second-order valence-electron chi connectivity index (χ2n) is 16.6. The molecule has 0 aromatic rings. The molecule has 1 N–H and O–H groups in total. The van der Waals surface area contributed by atoms with Gasteiger partial charge in [-0.15, -0.1) is 0 Å². The number of unbranched alkanes of at least 4 members (excludes halogenated alkanes) is 15. The number of nitrogens with zero attached hydrogens (tertiary/aromatic N) is 1. The summed E-state index contributed by atoms with van der Waals surface area (Å²) >= 11 is 0. The van der Waals surface area contributed by atoms with Crippen LogP contribution < -0.4 is 0 Å². The van der Waals surface area contributed by atoms with Crippen molar-refractivity contribution in [1.29, 1.82) is 0 Å². The molecule has 1 saturated heterocycles. The van der Waals surface area contributed by atoms with Gasteiger partial charge in [0.1, 0.15) is 25.9 Å². The summed E-state index contributed by atoms with van der Waals surface area (Å²) in [6.07, 6.45) is 31.1. The molecule has 0 bridgehead atoms. The van der Waals surface area contributed by atoms with Crippen molar-refractivity contribution in [3.63, 3.8) is 0 Å². The highest BCUT2D eigenvalue weighted by Crippen LogP contribution is 2.43. The van der Waals surface area contributed by atoms with Crippen molar-refractivity contribution in [2.75, 3.05) is 47.5 Å². The number of hydrogen-bond donors (Lipinski definition) is 1. The molecule has 11 nitrogen and oxygen atoms in total. The standard InChI is InChI=1S/C44H76NO10P/c1-6-8-10-12-14-15-16-17-18-19-20-22-24-28-43(47)51-35-38(36-53-56(49,50)52-33-32-45(3,4)5)54-44(48)29-25-27-41-42(55-41)34-39-37(30-31-40(39)46)26-23-21-13-11-9-7-2/h21,23,30-31,34,37-38,41-42H,6-20,22,24-29,32-33,35-36H2,1-5H3/p+1/b23-21-,39-34+. The number of ketones is 1. The van der Waals surface area contributed by atoms with Crippen LogP contribution in [0, 0.1) is 5.92 Å². The Morgan fingerprint density at radius 2 is 1.43 bits per heavy atom. The zero-order chi connectivity index (χ0) is 41.1. The lowest BCUT2D eigenvalue weighted by Crippen LogP contribution is -2.37. The van der Waals surface area contributed by atoms with E-state index in [2.05, 4.69) is 26.0 Å². The van der Waals surface area contributed by atoms with Gasteiger partial charge in [-0.25, -0.2) is 4.57 Å². The number of likely N-dealkylation sites (N-methyl/N-ethyl adjacent to an activating group) is 1. The Morgan fingerprint density at radius 1 is 0.821 bits per heavy atom. The van der Waals surface area contributed by atoms with E-state index in [1.165, 1.54) is 77.0 Å². The van der Waals surface area contributed by atoms with Crippen LogP contribution in [0.25, 0.3) is 0 Å². The molecule has 1 heterocycles. The number of epoxide rings is 1. The summed E-state index contributed by atoms with van der Waals surface area (Å²) in [7, 11) is 1.36. The Bertz CT molecular complexity index is 1260. The monoisotopic (exact) mass is 811 g/mol. The van der Waals surface area contributed by atoms with Crippen molar-refractivity contribution in [3.05, 3.63) is 36.0 Å². The first-order valence-corrected chi connectivity index (χ1v) is 23.3. The van der Waals surface area contributed by atoms with Crippen molar-refractivity contribution in [2.45, 2.75) is 173 Å². The number of hydrogen-bond acceptors (Lipinski definition) is 9. The minimum Gasteiger partial charge on any atom is -0.462 e. The molecule has 2 aliphatic rings. The van der Waals surface area contributed by atoms with Crippen LogP contribution in [0.15, 0.2) is 36.0 Å². The SMILES string of the molecule is CCCCC/C=C\CC1C=CC(=O)/C1=C/C1OC1CCCC(=O)OC(COC(=O)CCCCCCCCCCCCCCC)COP(=O)(O)OCC[N+](C)(C)C. The quantitative estimate of drug-likeness (QED) is 0.0125. The van der Waals surface area contributed by atoms with Crippen LogP contribution >= 0.6 is 7.82 Å². The Labute approximate surface area is 339 Å². The minimum absolute atomic E-state index is 0.00173. The highest BCUT2D eigenvalue weighted by atomic mass is 31.2. The van der Waals surface area contributed by atoms with Crippen LogP contribution in [-0.2, 0) is 42.2 Å². The Morgan fingerprint density at radius 3 is 2.07 bits per heavy atom. The first-order valence-electron chi connectivity index (χ1n) is 21.9. The lowest BCUT2D eigenvalue weighted by molar-refractivity contribution is -0.870. The Balaban J connectivity index is 1.74. The third-order valence-corrected chi connectivity index (χ3v) is 11.2. The molecule has 5 atom stereocenters. The van der Waals surface area contributed by atoms with Gasteiger partial charge in [0.2, 0.25) is 0 Å². The van der Waals surface area contributed by atoms with Crippen molar-refractivity contribution >= 4 is 25.5 Å². The number of phosphoric ester groups is 1. The van der Waals surface area contributed by atoms with E-state index in [0.717, 1.165) is 37.7 Å². The molecule has 1 aliphatic heterocycles. The van der Waals surface area contributed by atoms with Crippen LogP contribution in [0.1, 0.15) is 155 Å². The normalized spacial score (nSPS) is 20.5. The molecule has 0 amide bonds. The summed E-state index contributed by atoms with van der Waals surface area (Å²) in [5, 5.41) is 0. The van der Waals surface area contributed by atoms with Crippen molar-refractivity contribution < 1.29 is 51.6 Å². The van der Waals surface area contributed by atoms with E-state index in [0.29, 0.717) is 30.3 Å². The smallest absolute Gasteiger partial charge is 0.462 e. The van der Waals surface area contributed by atoms with E-state index in [4.69, 9.17) is 23.3 Å². The molecule has 12 heteroatoms. The number of ether oxygens (including phenoxy) is 3. The summed E-state index contributed by atoms with van der Waals surface area (Å²) < 4.78 is 40.1. The third-order valence-electron chi connectivity index (χ3n) is 10.2. The molecule has 2 rings (SSSR count). The summed E-state index contributed by atoms with van der Waals surface area (Å²) in [5.74, 6) is -0.865. The van der Waals surface area contributed by atoms with Crippen molar-refractivity contribution in [3.8, 4) is 0 Å². The number of rotatable bonds is 35. The fourth-order valence-electron chi connectivity index (χ4n) is 6.58. The van der Waals surface area contributed by atoms with Crippen LogP contribution in [0.5, 0.6) is 0 Å². The fourth-order valence-corrected chi connectivity index (χ4v) is 7.32. The molecule has 0 aromatic heterocycles. The summed E-state index contributed by atoms with van der Waals surface area (Å²) in [6.45, 7) is 4.16. The Kier molecular flexibility index (Phi) is 26.0. The van der Waals surface area contributed by atoms with Crippen LogP contribution in [0.4, 0.5) is 0 Å². The van der Waals surface area contributed by atoms with E-state index in [9.17, 15) is 23.8 Å². The average Bonchev–Trinajstić information content (AvgIpc) is 3.80. The molecule has 322 valence electrons. The highest BCUT2D eigenvalue weighted by Gasteiger charge is 2.38. The largest absolute Gasteiger partial charge is 0.472 e. The van der Waals surface area contributed by atoms with E-state index < -0.39 is 32.5 Å². The number of phosphoric acid groups is 1.